The molecule has 1 fully saturated rings. The fraction of sp³-hybridized carbons (Fsp3) is 1.00. The highest BCUT2D eigenvalue weighted by molar-refractivity contribution is 7.53. The van der Waals surface area contributed by atoms with Crippen LogP contribution in [0, 0.1) is 5.41 Å². The lowest BCUT2D eigenvalue weighted by molar-refractivity contribution is 0.0276. The summed E-state index contributed by atoms with van der Waals surface area (Å²) in [5.74, 6) is 0. The topological polar surface area (TPSA) is 44.8 Å². The van der Waals surface area contributed by atoms with Gasteiger partial charge in [-0.05, 0) is 6.92 Å². The lowest BCUT2D eigenvalue weighted by Crippen LogP contribution is -2.30. The zero-order valence-electron chi connectivity index (χ0n) is 8.41. The molecule has 0 spiro atoms. The van der Waals surface area contributed by atoms with Crippen molar-refractivity contribution in [2.45, 2.75) is 20.8 Å². The molecule has 4 nitrogen and oxygen atoms in total. The van der Waals surface area contributed by atoms with Crippen LogP contribution in [0.25, 0.3) is 0 Å². The van der Waals surface area contributed by atoms with Crippen LogP contribution >= 0.6 is 7.60 Å². The fourth-order valence-corrected chi connectivity index (χ4v) is 2.62. The van der Waals surface area contributed by atoms with Crippen LogP contribution in [0.2, 0.25) is 0 Å². The van der Waals surface area contributed by atoms with Crippen LogP contribution in [0.1, 0.15) is 20.8 Å². The van der Waals surface area contributed by atoms with E-state index in [9.17, 15) is 4.57 Å². The van der Waals surface area contributed by atoms with Gasteiger partial charge in [0.15, 0.2) is 0 Å². The molecule has 0 amide bonds. The Hall–Kier alpha value is 0.110. The van der Waals surface area contributed by atoms with Gasteiger partial charge in [0.05, 0.1) is 13.2 Å². The summed E-state index contributed by atoms with van der Waals surface area (Å²) >= 11 is 0. The summed E-state index contributed by atoms with van der Waals surface area (Å²) in [5.41, 5.74) is -0.0415. The molecule has 5 heteroatoms. The molecule has 0 aromatic rings. The lowest BCUT2D eigenvalue weighted by atomic mass is 9.97. The van der Waals surface area contributed by atoms with Gasteiger partial charge in [-0.15, -0.1) is 0 Å². The van der Waals surface area contributed by atoms with E-state index in [0.717, 1.165) is 0 Å². The average Bonchev–Trinajstić information content (AvgIpc) is 2.08. The molecule has 13 heavy (non-hydrogen) atoms. The number of hydrogen-bond donors (Lipinski definition) is 0. The number of ether oxygens (including phenoxy) is 1. The van der Waals surface area contributed by atoms with Crippen LogP contribution in [0.15, 0.2) is 0 Å². The van der Waals surface area contributed by atoms with E-state index in [4.69, 9.17) is 13.8 Å². The predicted octanol–water partition coefficient (Wildman–Crippen LogP) is 2.25. The summed E-state index contributed by atoms with van der Waals surface area (Å²) in [4.78, 5) is 0. The standard InChI is InChI=1S/C8H17O4P/c1-4-10-7-13(9)11-5-8(2,3)6-12-13/h4-7H2,1-3H3. The number of hydrogen-bond acceptors (Lipinski definition) is 4. The maximum atomic E-state index is 11.7. The van der Waals surface area contributed by atoms with E-state index in [1.165, 1.54) is 0 Å². The SMILES string of the molecule is CCOCP1(=O)OCC(C)(C)CO1. The molecule has 0 aromatic heterocycles. The van der Waals surface area contributed by atoms with Gasteiger partial charge in [0.1, 0.15) is 6.35 Å². The van der Waals surface area contributed by atoms with Crippen LogP contribution in [0.3, 0.4) is 0 Å². The van der Waals surface area contributed by atoms with E-state index >= 15 is 0 Å². The molecular formula is C8H17O4P. The van der Waals surface area contributed by atoms with Crippen molar-refractivity contribution in [3.05, 3.63) is 0 Å². The van der Waals surface area contributed by atoms with E-state index < -0.39 is 7.60 Å². The Labute approximate surface area is 79.1 Å². The van der Waals surface area contributed by atoms with Gasteiger partial charge in [0.25, 0.3) is 0 Å². The van der Waals surface area contributed by atoms with Crippen molar-refractivity contribution in [1.29, 1.82) is 0 Å². The molecule has 0 aromatic carbocycles. The van der Waals surface area contributed by atoms with E-state index in [0.29, 0.717) is 19.8 Å². The smallest absolute Gasteiger partial charge is 0.356 e. The summed E-state index contributed by atoms with van der Waals surface area (Å²) in [6, 6.07) is 0. The van der Waals surface area contributed by atoms with E-state index in [2.05, 4.69) is 0 Å². The predicted molar refractivity (Wildman–Crippen MR) is 49.8 cm³/mol. The molecule has 0 bridgehead atoms. The molecule has 0 N–H and O–H groups in total. The Bertz CT molecular complexity index is 200. The molecule has 0 saturated carbocycles. The molecule has 1 aliphatic rings. The van der Waals surface area contributed by atoms with Crippen molar-refractivity contribution < 1.29 is 18.3 Å². The Morgan fingerprint density at radius 1 is 1.38 bits per heavy atom. The van der Waals surface area contributed by atoms with E-state index in [1.807, 2.05) is 20.8 Å². The Balaban J connectivity index is 2.42. The first-order valence-corrected chi connectivity index (χ1v) is 6.16. The van der Waals surface area contributed by atoms with E-state index in [1.54, 1.807) is 0 Å². The Kier molecular flexibility index (Phi) is 3.52. The third kappa shape index (κ3) is 3.39. The van der Waals surface area contributed by atoms with Crippen molar-refractivity contribution >= 4 is 7.60 Å². The molecule has 1 aliphatic heterocycles. The first-order valence-electron chi connectivity index (χ1n) is 4.43. The Morgan fingerprint density at radius 3 is 2.38 bits per heavy atom. The molecule has 1 heterocycles. The third-order valence-corrected chi connectivity index (χ3v) is 3.30. The van der Waals surface area contributed by atoms with Crippen LogP contribution < -0.4 is 0 Å². The van der Waals surface area contributed by atoms with Crippen LogP contribution in [-0.4, -0.2) is 26.2 Å². The maximum Gasteiger partial charge on any atom is 0.356 e. The first-order chi connectivity index (χ1) is 5.97. The maximum absolute atomic E-state index is 11.7. The summed E-state index contributed by atoms with van der Waals surface area (Å²) in [6.45, 7) is 7.34. The largest absolute Gasteiger partial charge is 0.369 e. The zero-order valence-corrected chi connectivity index (χ0v) is 9.30. The normalized spacial score (nSPS) is 25.8. The molecule has 0 unspecified atom stereocenters. The van der Waals surface area contributed by atoms with Gasteiger partial charge >= 0.3 is 7.60 Å². The van der Waals surface area contributed by atoms with Gasteiger partial charge in [-0.25, -0.2) is 0 Å². The second-order valence-corrected chi connectivity index (χ2v) is 5.94. The highest BCUT2D eigenvalue weighted by Crippen LogP contribution is 2.53. The van der Waals surface area contributed by atoms with Gasteiger partial charge in [0.2, 0.25) is 0 Å². The van der Waals surface area contributed by atoms with Crippen molar-refractivity contribution in [1.82, 2.24) is 0 Å². The van der Waals surface area contributed by atoms with Gasteiger partial charge in [-0.1, -0.05) is 13.8 Å². The Morgan fingerprint density at radius 2 is 1.92 bits per heavy atom. The average molecular weight is 208 g/mol. The summed E-state index contributed by atoms with van der Waals surface area (Å²) in [5, 5.41) is 0. The zero-order chi connectivity index (χ0) is 9.95. The highest BCUT2D eigenvalue weighted by Gasteiger charge is 2.36. The van der Waals surface area contributed by atoms with Crippen LogP contribution in [0.5, 0.6) is 0 Å². The fourth-order valence-electron chi connectivity index (χ4n) is 0.903. The van der Waals surface area contributed by atoms with Gasteiger partial charge < -0.3 is 13.8 Å². The summed E-state index contributed by atoms with van der Waals surface area (Å²) < 4.78 is 27.1. The lowest BCUT2D eigenvalue weighted by Gasteiger charge is -2.33. The first kappa shape index (κ1) is 11.2. The molecular weight excluding hydrogens is 191 g/mol. The van der Waals surface area contributed by atoms with Crippen molar-refractivity contribution in [3.8, 4) is 0 Å². The molecule has 0 radical (unpaired) electrons. The highest BCUT2D eigenvalue weighted by atomic mass is 31.2. The second-order valence-electron chi connectivity index (χ2n) is 3.94. The van der Waals surface area contributed by atoms with Crippen molar-refractivity contribution in [3.63, 3.8) is 0 Å². The van der Waals surface area contributed by atoms with E-state index in [-0.39, 0.29) is 11.8 Å². The molecule has 0 aliphatic carbocycles. The van der Waals surface area contributed by atoms with Gasteiger partial charge in [-0.3, -0.25) is 4.57 Å². The summed E-state index contributed by atoms with van der Waals surface area (Å²) in [6.07, 6.45) is 0.0690. The minimum Gasteiger partial charge on any atom is -0.369 e. The molecule has 0 atom stereocenters. The quantitative estimate of drug-likeness (QED) is 0.667. The van der Waals surface area contributed by atoms with Gasteiger partial charge in [-0.2, -0.15) is 0 Å². The second kappa shape index (κ2) is 4.09. The molecule has 1 saturated heterocycles. The van der Waals surface area contributed by atoms with Crippen LogP contribution in [0.4, 0.5) is 0 Å². The molecule has 1 rings (SSSR count). The minimum atomic E-state index is -2.93. The minimum absolute atomic E-state index is 0.0415. The van der Waals surface area contributed by atoms with Crippen molar-refractivity contribution in [2.75, 3.05) is 26.2 Å². The molecule has 78 valence electrons. The summed E-state index contributed by atoms with van der Waals surface area (Å²) in [7, 11) is -2.93. The van der Waals surface area contributed by atoms with Crippen LogP contribution in [-0.2, 0) is 18.3 Å². The van der Waals surface area contributed by atoms with Gasteiger partial charge in [0, 0.05) is 12.0 Å². The third-order valence-electron chi connectivity index (χ3n) is 1.76. The monoisotopic (exact) mass is 208 g/mol. The van der Waals surface area contributed by atoms with Crippen molar-refractivity contribution in [2.24, 2.45) is 5.41 Å². The number of rotatable bonds is 3.